The summed E-state index contributed by atoms with van der Waals surface area (Å²) in [5.74, 6) is 0.891. The van der Waals surface area contributed by atoms with E-state index in [1.165, 1.54) is 37.4 Å². The summed E-state index contributed by atoms with van der Waals surface area (Å²) in [7, 11) is 3.33. The van der Waals surface area contributed by atoms with Crippen molar-refractivity contribution in [2.45, 2.75) is 13.8 Å². The number of azo groups is 2. The molecule has 0 saturated heterocycles. The quantitative estimate of drug-likeness (QED) is 0.137. The Kier molecular flexibility index (Phi) is 8.53. The first-order chi connectivity index (χ1) is 25.1. The van der Waals surface area contributed by atoms with Crippen LogP contribution in [0.15, 0.2) is 106 Å². The van der Waals surface area contributed by atoms with Crippen molar-refractivity contribution in [2.75, 3.05) is 11.5 Å². The van der Waals surface area contributed by atoms with Crippen LogP contribution in [-0.2, 0) is 14.1 Å². The molecule has 0 amide bonds. The molecule has 2 aromatic carbocycles. The van der Waals surface area contributed by atoms with Crippen LogP contribution in [-0.4, -0.2) is 60.7 Å². The lowest BCUT2D eigenvalue weighted by Gasteiger charge is -2.06. The van der Waals surface area contributed by atoms with Gasteiger partial charge in [0.25, 0.3) is 0 Å². The summed E-state index contributed by atoms with van der Waals surface area (Å²) in [4.78, 5) is 35.0. The number of anilines is 2. The van der Waals surface area contributed by atoms with Gasteiger partial charge in [0, 0.05) is 31.3 Å². The minimum Gasteiger partial charge on any atom is -0.382 e. The Morgan fingerprint density at radius 1 is 0.615 bits per heavy atom. The molecule has 258 valence electrons. The van der Waals surface area contributed by atoms with Crippen molar-refractivity contribution in [3.63, 3.8) is 0 Å². The SMILES string of the molecule is Cc1nn(-c2cc(-n3nc(C)c(/N=N/c4c(C(=O)c5ccccc5)cnn4C)c3N)ncn2)c(N)c1/N=N/c1c(C(=O)c2ccccc2)cnn1C. The molecule has 7 aromatic rings. The van der Waals surface area contributed by atoms with Crippen molar-refractivity contribution in [2.24, 2.45) is 34.6 Å². The van der Waals surface area contributed by atoms with Crippen molar-refractivity contribution in [1.29, 1.82) is 0 Å². The van der Waals surface area contributed by atoms with E-state index in [0.29, 0.717) is 34.2 Å². The van der Waals surface area contributed by atoms with Crippen LogP contribution in [0, 0.1) is 13.8 Å². The monoisotopic (exact) mass is 694 g/mol. The summed E-state index contributed by atoms with van der Waals surface area (Å²) in [6, 6.07) is 19.2. The van der Waals surface area contributed by atoms with Gasteiger partial charge in [0.05, 0.1) is 34.9 Å². The third-order valence-corrected chi connectivity index (χ3v) is 8.06. The van der Waals surface area contributed by atoms with Gasteiger partial charge in [0.15, 0.2) is 57.8 Å². The van der Waals surface area contributed by atoms with E-state index < -0.39 is 0 Å². The van der Waals surface area contributed by atoms with Crippen LogP contribution in [0.5, 0.6) is 0 Å². The number of carbonyl (C=O) groups is 2. The van der Waals surface area contributed by atoms with Crippen LogP contribution >= 0.6 is 0 Å². The minimum absolute atomic E-state index is 0.139. The van der Waals surface area contributed by atoms with Crippen molar-refractivity contribution in [1.82, 2.24) is 49.1 Å². The smallest absolute Gasteiger partial charge is 0.198 e. The first-order valence-corrected chi connectivity index (χ1v) is 15.7. The van der Waals surface area contributed by atoms with Crippen molar-refractivity contribution in [3.8, 4) is 11.6 Å². The average Bonchev–Trinajstić information content (AvgIpc) is 3.89. The van der Waals surface area contributed by atoms with Gasteiger partial charge in [-0.15, -0.1) is 20.5 Å². The first kappa shape index (κ1) is 33.0. The number of aromatic nitrogens is 10. The zero-order chi connectivity index (χ0) is 36.5. The molecule has 18 heteroatoms. The van der Waals surface area contributed by atoms with Gasteiger partial charge in [0.1, 0.15) is 6.33 Å². The van der Waals surface area contributed by atoms with Crippen molar-refractivity contribution in [3.05, 3.63) is 119 Å². The Bertz CT molecular complexity index is 2350. The molecule has 5 aromatic heterocycles. The van der Waals surface area contributed by atoms with Crippen LogP contribution in [0.25, 0.3) is 11.6 Å². The van der Waals surface area contributed by atoms with E-state index in [1.54, 1.807) is 82.5 Å². The van der Waals surface area contributed by atoms with Crippen molar-refractivity contribution >= 4 is 46.2 Å². The summed E-state index contributed by atoms with van der Waals surface area (Å²) in [6.07, 6.45) is 4.21. The molecule has 0 aliphatic heterocycles. The molecule has 0 aliphatic carbocycles. The molecule has 0 radical (unpaired) electrons. The molecule has 5 heterocycles. The van der Waals surface area contributed by atoms with E-state index in [0.717, 1.165) is 0 Å². The van der Waals surface area contributed by atoms with Crippen LogP contribution in [0.1, 0.15) is 43.2 Å². The van der Waals surface area contributed by atoms with Crippen molar-refractivity contribution < 1.29 is 9.59 Å². The highest BCUT2D eigenvalue weighted by Crippen LogP contribution is 2.34. The molecule has 0 bridgehead atoms. The molecule has 4 N–H and O–H groups in total. The summed E-state index contributed by atoms with van der Waals surface area (Å²) >= 11 is 0. The lowest BCUT2D eigenvalue weighted by Crippen LogP contribution is -2.09. The van der Waals surface area contributed by atoms with Gasteiger partial charge in [-0.1, -0.05) is 60.7 Å². The maximum atomic E-state index is 13.1. The van der Waals surface area contributed by atoms with E-state index in [4.69, 9.17) is 11.5 Å². The molecule has 0 atom stereocenters. The highest BCUT2D eigenvalue weighted by molar-refractivity contribution is 6.12. The third-order valence-electron chi connectivity index (χ3n) is 8.06. The van der Waals surface area contributed by atoms with E-state index in [2.05, 4.69) is 50.8 Å². The first-order valence-electron chi connectivity index (χ1n) is 15.7. The van der Waals surface area contributed by atoms with Gasteiger partial charge in [-0.2, -0.15) is 29.8 Å². The molecular formula is C34H30N16O2. The molecule has 0 fully saturated rings. The number of hydrogen-bond acceptors (Lipinski definition) is 14. The van der Waals surface area contributed by atoms with Gasteiger partial charge in [-0.3, -0.25) is 9.59 Å². The van der Waals surface area contributed by atoms with Gasteiger partial charge in [-0.05, 0) is 13.8 Å². The number of hydrogen-bond donors (Lipinski definition) is 2. The van der Waals surface area contributed by atoms with Crippen LogP contribution in [0.3, 0.4) is 0 Å². The number of nitrogens with two attached hydrogens (primary N) is 2. The predicted octanol–water partition coefficient (Wildman–Crippen LogP) is 5.39. The number of benzene rings is 2. The summed E-state index contributed by atoms with van der Waals surface area (Å²) in [5, 5.41) is 34.8. The fourth-order valence-corrected chi connectivity index (χ4v) is 5.34. The topological polar surface area (TPSA) is 233 Å². The van der Waals surface area contributed by atoms with E-state index in [1.807, 2.05) is 12.1 Å². The summed E-state index contributed by atoms with van der Waals surface area (Å²) < 4.78 is 5.68. The summed E-state index contributed by atoms with van der Waals surface area (Å²) in [6.45, 7) is 3.44. The van der Waals surface area contributed by atoms with E-state index in [9.17, 15) is 9.59 Å². The zero-order valence-electron chi connectivity index (χ0n) is 28.3. The summed E-state index contributed by atoms with van der Waals surface area (Å²) in [5.41, 5.74) is 16.0. The van der Waals surface area contributed by atoms with Crippen LogP contribution in [0.4, 0.5) is 34.6 Å². The standard InChI is InChI=1S/C34H30N16O2/c1-19-27(41-43-33-23(16-39-47(33)3)29(51)21-11-7-5-8-12-21)31(35)49(45-19)25-15-26(38-18-37-25)50-32(36)28(20(2)46-50)42-44-34-24(17-40-48(34)4)30(52)22-13-9-6-10-14-22/h5-18H,35-36H2,1-4H3/b43-41+,44-42+. The molecule has 0 saturated carbocycles. The Morgan fingerprint density at radius 2 is 1.02 bits per heavy atom. The number of nitrogen functional groups attached to an aromatic ring is 2. The lowest BCUT2D eigenvalue weighted by atomic mass is 10.1. The van der Waals surface area contributed by atoms with E-state index >= 15 is 0 Å². The molecule has 18 nitrogen and oxygen atoms in total. The number of aryl methyl sites for hydroxylation is 4. The van der Waals surface area contributed by atoms with Gasteiger partial charge >= 0.3 is 0 Å². The molecule has 0 aliphatic rings. The largest absolute Gasteiger partial charge is 0.382 e. The second-order valence-corrected chi connectivity index (χ2v) is 11.5. The molecule has 0 spiro atoms. The fraction of sp³-hybridized carbons (Fsp3) is 0.118. The van der Waals surface area contributed by atoms with Crippen LogP contribution in [0.2, 0.25) is 0 Å². The van der Waals surface area contributed by atoms with Gasteiger partial charge in [0.2, 0.25) is 0 Å². The number of nitrogens with zero attached hydrogens (tertiary/aromatic N) is 14. The number of carbonyl (C=O) groups excluding carboxylic acids is 2. The second kappa shape index (κ2) is 13.4. The predicted molar refractivity (Wildman–Crippen MR) is 189 cm³/mol. The lowest BCUT2D eigenvalue weighted by molar-refractivity contribution is 0.103. The molecule has 0 unspecified atom stereocenters. The zero-order valence-corrected chi connectivity index (χ0v) is 28.3. The fourth-order valence-electron chi connectivity index (χ4n) is 5.34. The van der Waals surface area contributed by atoms with E-state index in [-0.39, 0.29) is 57.3 Å². The van der Waals surface area contributed by atoms with Crippen LogP contribution < -0.4 is 11.5 Å². The minimum atomic E-state index is -0.241. The van der Waals surface area contributed by atoms with Gasteiger partial charge in [-0.25, -0.2) is 19.3 Å². The number of rotatable bonds is 10. The number of ketones is 2. The molecule has 7 rings (SSSR count). The third kappa shape index (κ3) is 5.99. The Balaban J connectivity index is 1.16. The molecule has 52 heavy (non-hydrogen) atoms. The average molecular weight is 695 g/mol. The molecular weight excluding hydrogens is 664 g/mol. The maximum absolute atomic E-state index is 13.1. The Morgan fingerprint density at radius 3 is 1.42 bits per heavy atom. The maximum Gasteiger partial charge on any atom is 0.198 e. The highest BCUT2D eigenvalue weighted by Gasteiger charge is 2.22. The second-order valence-electron chi connectivity index (χ2n) is 11.5. The normalized spacial score (nSPS) is 11.6. The van der Waals surface area contributed by atoms with Gasteiger partial charge < -0.3 is 11.5 Å². The highest BCUT2D eigenvalue weighted by atomic mass is 16.1. The Labute approximate surface area is 295 Å². The Hall–Kier alpha value is -7.50.